The summed E-state index contributed by atoms with van der Waals surface area (Å²) in [4.78, 5) is 19.8. The van der Waals surface area contributed by atoms with Gasteiger partial charge in [-0.1, -0.05) is 12.1 Å². The van der Waals surface area contributed by atoms with Crippen LogP contribution in [0.25, 0.3) is 21.0 Å². The van der Waals surface area contributed by atoms with Crippen LogP contribution in [0.2, 0.25) is 0 Å². The van der Waals surface area contributed by atoms with E-state index in [1.54, 1.807) is 7.11 Å². The number of piperazine rings is 1. The van der Waals surface area contributed by atoms with Gasteiger partial charge in [0.15, 0.2) is 0 Å². The molecule has 0 radical (unpaired) electrons. The number of aliphatic carboxylic acids is 1. The first-order valence-corrected chi connectivity index (χ1v) is 10.6. The Balaban J connectivity index is 1.40. The van der Waals surface area contributed by atoms with E-state index in [1.807, 2.05) is 41.4 Å². The van der Waals surface area contributed by atoms with Crippen LogP contribution in [0.3, 0.4) is 0 Å². The maximum atomic E-state index is 12.3. The fraction of sp³-hybridized carbons (Fsp3) is 0.273. The molecule has 8 heteroatoms. The maximum absolute atomic E-state index is 12.3. The van der Waals surface area contributed by atoms with Gasteiger partial charge in [-0.25, -0.2) is 0 Å². The Morgan fingerprint density at radius 1 is 1.17 bits per heavy atom. The molecule has 0 bridgehead atoms. The van der Waals surface area contributed by atoms with E-state index >= 15 is 0 Å². The highest BCUT2D eigenvalue weighted by Gasteiger charge is 2.33. The highest BCUT2D eigenvalue weighted by atomic mass is 32.1. The third-order valence-corrected chi connectivity index (χ3v) is 6.60. The lowest BCUT2D eigenvalue weighted by Gasteiger charge is -2.38. The highest BCUT2D eigenvalue weighted by Crippen LogP contribution is 2.34. The van der Waals surface area contributed by atoms with E-state index in [-0.39, 0.29) is 0 Å². The van der Waals surface area contributed by atoms with E-state index < -0.39 is 12.0 Å². The first-order valence-electron chi connectivity index (χ1n) is 9.87. The molecule has 2 aromatic heterocycles. The number of fused-ring (bicyclic) bond motifs is 2. The number of methoxy groups -OCH3 is 1. The van der Waals surface area contributed by atoms with Crippen LogP contribution in [0.1, 0.15) is 11.6 Å². The number of hydrogen-bond donors (Lipinski definition) is 2. The summed E-state index contributed by atoms with van der Waals surface area (Å²) in [7, 11) is 1.61. The Hall–Kier alpha value is -3.10. The van der Waals surface area contributed by atoms with Gasteiger partial charge in [0.05, 0.1) is 11.8 Å². The molecule has 4 aromatic rings. The summed E-state index contributed by atoms with van der Waals surface area (Å²) in [6.07, 6.45) is 1.81. The Labute approximate surface area is 177 Å². The lowest BCUT2D eigenvalue weighted by atomic mass is 10.0. The van der Waals surface area contributed by atoms with Crippen molar-refractivity contribution in [3.05, 3.63) is 54.2 Å². The zero-order valence-electron chi connectivity index (χ0n) is 16.5. The Bertz CT molecular complexity index is 1210. The fourth-order valence-electron chi connectivity index (χ4n) is 4.25. The number of carbonyl (C=O) groups is 1. The molecule has 1 aliphatic rings. The zero-order valence-corrected chi connectivity index (χ0v) is 17.4. The molecular weight excluding hydrogens is 400 g/mol. The number of nitrogens with zero attached hydrogens (tertiary/aromatic N) is 3. The molecule has 154 valence electrons. The second-order valence-electron chi connectivity index (χ2n) is 7.42. The molecule has 1 saturated heterocycles. The number of hydrogen-bond acceptors (Lipinski definition) is 6. The van der Waals surface area contributed by atoms with Gasteiger partial charge in [0.25, 0.3) is 0 Å². The quantitative estimate of drug-likeness (QED) is 0.510. The number of rotatable bonds is 5. The van der Waals surface area contributed by atoms with Gasteiger partial charge in [-0.2, -0.15) is 4.37 Å². The standard InChI is InChI=1S/C22H22N4O3S/c1-29-14-6-7-18-16(12-14)17(13-23-18)20(22(27)28)25-8-10-26(11-9-25)21-15-4-2-3-5-19(15)30-24-21/h2-7,12-13,20,23H,8-11H2,1H3,(H,27,28)/t20-/m0/s1. The minimum atomic E-state index is -0.841. The van der Waals surface area contributed by atoms with E-state index in [1.165, 1.54) is 16.2 Å². The molecular formula is C22H22N4O3S. The number of carboxylic acid groups (broad SMARTS) is 1. The van der Waals surface area contributed by atoms with Crippen molar-refractivity contribution in [2.24, 2.45) is 0 Å². The largest absolute Gasteiger partial charge is 0.497 e. The molecule has 0 aliphatic carbocycles. The number of aromatic amines is 1. The summed E-state index contributed by atoms with van der Waals surface area (Å²) in [5.41, 5.74) is 1.67. The van der Waals surface area contributed by atoms with E-state index in [4.69, 9.17) is 4.74 Å². The predicted octanol–water partition coefficient (Wildman–Crippen LogP) is 3.73. The van der Waals surface area contributed by atoms with Gasteiger partial charge < -0.3 is 19.7 Å². The van der Waals surface area contributed by atoms with E-state index in [2.05, 4.69) is 26.4 Å². The van der Waals surface area contributed by atoms with Crippen molar-refractivity contribution in [2.45, 2.75) is 6.04 Å². The second-order valence-corrected chi connectivity index (χ2v) is 8.23. The number of anilines is 1. The van der Waals surface area contributed by atoms with Crippen LogP contribution in [0.5, 0.6) is 5.75 Å². The molecule has 5 rings (SSSR count). The molecule has 0 unspecified atom stereocenters. The van der Waals surface area contributed by atoms with Crippen LogP contribution in [0, 0.1) is 0 Å². The van der Waals surface area contributed by atoms with Crippen molar-refractivity contribution in [1.29, 1.82) is 0 Å². The van der Waals surface area contributed by atoms with E-state index in [0.29, 0.717) is 18.8 Å². The van der Waals surface area contributed by atoms with Crippen molar-refractivity contribution in [2.75, 3.05) is 38.2 Å². The lowest BCUT2D eigenvalue weighted by molar-refractivity contribution is -0.143. The van der Waals surface area contributed by atoms with Gasteiger partial charge in [-0.05, 0) is 41.9 Å². The smallest absolute Gasteiger partial charge is 0.325 e. The normalized spacial score (nSPS) is 16.2. The van der Waals surface area contributed by atoms with Gasteiger partial charge >= 0.3 is 5.97 Å². The first-order chi connectivity index (χ1) is 14.7. The number of aromatic nitrogens is 2. The number of H-pyrrole nitrogens is 1. The minimum absolute atomic E-state index is 0.652. The molecule has 2 N–H and O–H groups in total. The Morgan fingerprint density at radius 3 is 2.73 bits per heavy atom. The fourth-order valence-corrected chi connectivity index (χ4v) is 5.05. The molecule has 7 nitrogen and oxygen atoms in total. The van der Waals surface area contributed by atoms with Crippen LogP contribution in [-0.2, 0) is 4.79 Å². The third kappa shape index (κ3) is 3.18. The molecule has 1 fully saturated rings. The van der Waals surface area contributed by atoms with Crippen molar-refractivity contribution in [1.82, 2.24) is 14.3 Å². The molecule has 2 aromatic carbocycles. The second kappa shape index (κ2) is 7.62. The van der Waals surface area contributed by atoms with E-state index in [9.17, 15) is 9.90 Å². The van der Waals surface area contributed by atoms with Gasteiger partial charge in [0.2, 0.25) is 0 Å². The van der Waals surface area contributed by atoms with Crippen LogP contribution in [0.15, 0.2) is 48.7 Å². The molecule has 30 heavy (non-hydrogen) atoms. The zero-order chi connectivity index (χ0) is 20.7. The summed E-state index contributed by atoms with van der Waals surface area (Å²) in [6.45, 7) is 2.78. The summed E-state index contributed by atoms with van der Waals surface area (Å²) < 4.78 is 11.2. The number of carboxylic acids is 1. The monoisotopic (exact) mass is 422 g/mol. The first kappa shape index (κ1) is 18.9. The molecule has 1 atom stereocenters. The number of nitrogens with one attached hydrogen (secondary N) is 1. The van der Waals surface area contributed by atoms with Crippen molar-refractivity contribution in [3.8, 4) is 5.75 Å². The Kier molecular flexibility index (Phi) is 4.80. The van der Waals surface area contributed by atoms with Crippen molar-refractivity contribution in [3.63, 3.8) is 0 Å². The van der Waals surface area contributed by atoms with Gasteiger partial charge in [0.1, 0.15) is 17.6 Å². The topological polar surface area (TPSA) is 81.7 Å². The molecule has 0 spiro atoms. The summed E-state index contributed by atoms with van der Waals surface area (Å²) in [5.74, 6) is 0.873. The van der Waals surface area contributed by atoms with Gasteiger partial charge in [-0.15, -0.1) is 0 Å². The lowest BCUT2D eigenvalue weighted by Crippen LogP contribution is -2.49. The summed E-state index contributed by atoms with van der Waals surface area (Å²) in [5, 5.41) is 12.1. The molecule has 0 saturated carbocycles. The third-order valence-electron chi connectivity index (χ3n) is 5.79. The average Bonchev–Trinajstić information content (AvgIpc) is 3.38. The van der Waals surface area contributed by atoms with Crippen molar-refractivity contribution < 1.29 is 14.6 Å². The maximum Gasteiger partial charge on any atom is 0.325 e. The summed E-state index contributed by atoms with van der Waals surface area (Å²) >= 11 is 1.51. The van der Waals surface area contributed by atoms with Gasteiger partial charge in [0, 0.05) is 54.2 Å². The number of ether oxygens (including phenoxy) is 1. The molecule has 1 aliphatic heterocycles. The van der Waals surface area contributed by atoms with Crippen LogP contribution in [0.4, 0.5) is 5.82 Å². The van der Waals surface area contributed by atoms with Crippen LogP contribution in [-0.4, -0.2) is 58.6 Å². The number of benzene rings is 2. The molecule has 3 heterocycles. The summed E-state index contributed by atoms with van der Waals surface area (Å²) in [6, 6.07) is 13.2. The van der Waals surface area contributed by atoms with E-state index in [0.717, 1.165) is 40.8 Å². The average molecular weight is 423 g/mol. The Morgan fingerprint density at radius 2 is 1.97 bits per heavy atom. The van der Waals surface area contributed by atoms with Crippen molar-refractivity contribution >= 4 is 44.3 Å². The highest BCUT2D eigenvalue weighted by molar-refractivity contribution is 7.13. The van der Waals surface area contributed by atoms with Crippen LogP contribution < -0.4 is 9.64 Å². The van der Waals surface area contributed by atoms with Crippen LogP contribution >= 0.6 is 11.5 Å². The SMILES string of the molecule is COc1ccc2[nH]cc([C@@H](C(=O)O)N3CCN(c4nsc5ccccc45)CC3)c2c1. The van der Waals surface area contributed by atoms with Gasteiger partial charge in [-0.3, -0.25) is 9.69 Å². The predicted molar refractivity (Wildman–Crippen MR) is 119 cm³/mol. The minimum Gasteiger partial charge on any atom is -0.497 e. The molecule has 0 amide bonds.